The Morgan fingerprint density at radius 3 is 2.93 bits per heavy atom. The minimum absolute atomic E-state index is 0.116. The van der Waals surface area contributed by atoms with Crippen molar-refractivity contribution in [2.24, 2.45) is 0 Å². The minimum atomic E-state index is -0.231. The fraction of sp³-hybridized carbons (Fsp3) is 0.600. The van der Waals surface area contributed by atoms with Gasteiger partial charge >= 0.3 is 5.97 Å². The van der Waals surface area contributed by atoms with E-state index in [1.807, 2.05) is 0 Å². The van der Waals surface area contributed by atoms with Crippen LogP contribution < -0.4 is 5.73 Å². The summed E-state index contributed by atoms with van der Waals surface area (Å²) in [6.07, 6.45) is 6.09. The van der Waals surface area contributed by atoms with Gasteiger partial charge in [-0.2, -0.15) is 5.10 Å². The van der Waals surface area contributed by atoms with Crippen LogP contribution in [0.5, 0.6) is 0 Å². The molecule has 2 rings (SSSR count). The van der Waals surface area contributed by atoms with E-state index in [4.69, 9.17) is 10.5 Å². The zero-order chi connectivity index (χ0) is 10.7. The smallest absolute Gasteiger partial charge is 0.328 e. The van der Waals surface area contributed by atoms with Crippen LogP contribution in [-0.2, 0) is 16.1 Å². The summed E-state index contributed by atoms with van der Waals surface area (Å²) in [5, 5.41) is 3.92. The molecule has 82 valence electrons. The van der Waals surface area contributed by atoms with Crippen LogP contribution in [0.4, 0.5) is 5.82 Å². The van der Waals surface area contributed by atoms with E-state index in [-0.39, 0.29) is 18.6 Å². The molecule has 0 aliphatic heterocycles. The Kier molecular flexibility index (Phi) is 2.89. The lowest BCUT2D eigenvalue weighted by Crippen LogP contribution is -2.19. The molecule has 0 aromatic carbocycles. The van der Waals surface area contributed by atoms with Crippen LogP contribution in [0.3, 0.4) is 0 Å². The SMILES string of the molecule is Nc1ccn(CC(=O)OC2CCCC2)n1. The lowest BCUT2D eigenvalue weighted by molar-refractivity contribution is -0.149. The van der Waals surface area contributed by atoms with Crippen molar-refractivity contribution in [3.8, 4) is 0 Å². The monoisotopic (exact) mass is 209 g/mol. The summed E-state index contributed by atoms with van der Waals surface area (Å²) < 4.78 is 6.78. The number of esters is 1. The number of nitrogen functional groups attached to an aromatic ring is 1. The Hall–Kier alpha value is -1.52. The average molecular weight is 209 g/mol. The third-order valence-corrected chi connectivity index (χ3v) is 2.55. The number of aromatic nitrogens is 2. The zero-order valence-corrected chi connectivity index (χ0v) is 8.56. The van der Waals surface area contributed by atoms with Crippen molar-refractivity contribution >= 4 is 11.8 Å². The van der Waals surface area contributed by atoms with Crippen molar-refractivity contribution in [2.75, 3.05) is 5.73 Å². The summed E-state index contributed by atoms with van der Waals surface area (Å²) in [6, 6.07) is 1.66. The number of carbonyl (C=O) groups excluding carboxylic acids is 1. The second-order valence-corrected chi connectivity index (χ2v) is 3.83. The minimum Gasteiger partial charge on any atom is -0.461 e. The van der Waals surface area contributed by atoms with E-state index < -0.39 is 0 Å². The Bertz CT molecular complexity index is 342. The van der Waals surface area contributed by atoms with Crippen LogP contribution in [0, 0.1) is 0 Å². The van der Waals surface area contributed by atoms with Crippen molar-refractivity contribution in [3.05, 3.63) is 12.3 Å². The third-order valence-electron chi connectivity index (χ3n) is 2.55. The molecule has 1 heterocycles. The van der Waals surface area contributed by atoms with E-state index in [2.05, 4.69) is 5.10 Å². The molecule has 0 unspecified atom stereocenters. The van der Waals surface area contributed by atoms with E-state index >= 15 is 0 Å². The molecule has 0 radical (unpaired) electrons. The van der Waals surface area contributed by atoms with Crippen molar-refractivity contribution in [1.82, 2.24) is 9.78 Å². The van der Waals surface area contributed by atoms with Crippen molar-refractivity contribution in [3.63, 3.8) is 0 Å². The summed E-state index contributed by atoms with van der Waals surface area (Å²) in [4.78, 5) is 11.5. The fourth-order valence-corrected chi connectivity index (χ4v) is 1.83. The summed E-state index contributed by atoms with van der Waals surface area (Å²) in [7, 11) is 0. The molecule has 0 amide bonds. The Labute approximate surface area is 88.2 Å². The summed E-state index contributed by atoms with van der Waals surface area (Å²) in [5.74, 6) is 0.189. The Balaban J connectivity index is 1.81. The molecule has 1 saturated carbocycles. The number of ether oxygens (including phenoxy) is 1. The number of hydrogen-bond donors (Lipinski definition) is 1. The van der Waals surface area contributed by atoms with Crippen LogP contribution in [0.15, 0.2) is 12.3 Å². The topological polar surface area (TPSA) is 70.1 Å². The molecule has 1 fully saturated rings. The maximum absolute atomic E-state index is 11.5. The molecule has 2 N–H and O–H groups in total. The highest BCUT2D eigenvalue weighted by Crippen LogP contribution is 2.21. The van der Waals surface area contributed by atoms with Gasteiger partial charge in [0.2, 0.25) is 0 Å². The van der Waals surface area contributed by atoms with Gasteiger partial charge in [0.1, 0.15) is 18.5 Å². The molecule has 0 atom stereocenters. The largest absolute Gasteiger partial charge is 0.461 e. The quantitative estimate of drug-likeness (QED) is 0.752. The fourth-order valence-electron chi connectivity index (χ4n) is 1.83. The first-order valence-electron chi connectivity index (χ1n) is 5.22. The number of nitrogens with two attached hydrogens (primary N) is 1. The van der Waals surface area contributed by atoms with E-state index in [1.54, 1.807) is 12.3 Å². The Morgan fingerprint density at radius 1 is 1.60 bits per heavy atom. The number of carbonyl (C=O) groups is 1. The predicted molar refractivity (Wildman–Crippen MR) is 55.0 cm³/mol. The van der Waals surface area contributed by atoms with Gasteiger partial charge in [-0.1, -0.05) is 0 Å². The molecule has 0 spiro atoms. The van der Waals surface area contributed by atoms with Crippen LogP contribution in [0.25, 0.3) is 0 Å². The zero-order valence-electron chi connectivity index (χ0n) is 8.56. The maximum Gasteiger partial charge on any atom is 0.328 e. The first-order chi connectivity index (χ1) is 7.24. The highest BCUT2D eigenvalue weighted by molar-refractivity contribution is 5.69. The molecule has 1 aliphatic rings. The van der Waals surface area contributed by atoms with Gasteiger partial charge in [-0.3, -0.25) is 9.48 Å². The predicted octanol–water partition coefficient (Wildman–Crippen LogP) is 0.951. The number of hydrogen-bond acceptors (Lipinski definition) is 4. The normalized spacial score (nSPS) is 16.8. The van der Waals surface area contributed by atoms with Crippen molar-refractivity contribution < 1.29 is 9.53 Å². The van der Waals surface area contributed by atoms with Gasteiger partial charge in [0, 0.05) is 6.20 Å². The van der Waals surface area contributed by atoms with Gasteiger partial charge in [-0.05, 0) is 31.7 Å². The molecule has 5 heteroatoms. The molecule has 0 saturated heterocycles. The van der Waals surface area contributed by atoms with E-state index in [1.165, 1.54) is 4.68 Å². The van der Waals surface area contributed by atoms with Gasteiger partial charge < -0.3 is 10.5 Å². The van der Waals surface area contributed by atoms with Crippen molar-refractivity contribution in [1.29, 1.82) is 0 Å². The Morgan fingerprint density at radius 2 is 2.33 bits per heavy atom. The molecule has 1 aromatic heterocycles. The first kappa shape index (κ1) is 10.0. The molecule has 1 aromatic rings. The number of anilines is 1. The molecular weight excluding hydrogens is 194 g/mol. The molecule has 5 nitrogen and oxygen atoms in total. The van der Waals surface area contributed by atoms with E-state index in [9.17, 15) is 4.79 Å². The third kappa shape index (κ3) is 2.71. The van der Waals surface area contributed by atoms with E-state index in [0.717, 1.165) is 25.7 Å². The lowest BCUT2D eigenvalue weighted by atomic mass is 10.3. The summed E-state index contributed by atoms with van der Waals surface area (Å²) in [5.41, 5.74) is 5.43. The van der Waals surface area contributed by atoms with E-state index in [0.29, 0.717) is 5.82 Å². The maximum atomic E-state index is 11.5. The number of rotatable bonds is 3. The number of nitrogens with zero attached hydrogens (tertiary/aromatic N) is 2. The second kappa shape index (κ2) is 4.33. The van der Waals surface area contributed by atoms with Crippen LogP contribution in [0.1, 0.15) is 25.7 Å². The van der Waals surface area contributed by atoms with Crippen LogP contribution in [-0.4, -0.2) is 21.9 Å². The second-order valence-electron chi connectivity index (χ2n) is 3.83. The molecule has 15 heavy (non-hydrogen) atoms. The van der Waals surface area contributed by atoms with Crippen LogP contribution in [0.2, 0.25) is 0 Å². The summed E-state index contributed by atoms with van der Waals surface area (Å²) >= 11 is 0. The standard InChI is InChI=1S/C10H15N3O2/c11-9-5-6-13(12-9)7-10(14)15-8-3-1-2-4-8/h5-6,8H,1-4,7H2,(H2,11,12). The van der Waals surface area contributed by atoms with Gasteiger partial charge in [-0.25, -0.2) is 0 Å². The van der Waals surface area contributed by atoms with Crippen LogP contribution >= 0.6 is 0 Å². The van der Waals surface area contributed by atoms with Gasteiger partial charge in [0.15, 0.2) is 0 Å². The average Bonchev–Trinajstić information content (AvgIpc) is 2.77. The van der Waals surface area contributed by atoms with Gasteiger partial charge in [0.05, 0.1) is 0 Å². The highest BCUT2D eigenvalue weighted by Gasteiger charge is 2.19. The van der Waals surface area contributed by atoms with Crippen molar-refractivity contribution in [2.45, 2.75) is 38.3 Å². The summed E-state index contributed by atoms with van der Waals surface area (Å²) in [6.45, 7) is 0.147. The molecule has 0 bridgehead atoms. The highest BCUT2D eigenvalue weighted by atomic mass is 16.5. The first-order valence-corrected chi connectivity index (χ1v) is 5.22. The van der Waals surface area contributed by atoms with Gasteiger partial charge in [-0.15, -0.1) is 0 Å². The molecular formula is C10H15N3O2. The van der Waals surface area contributed by atoms with Gasteiger partial charge in [0.25, 0.3) is 0 Å². The molecule has 1 aliphatic carbocycles. The lowest BCUT2D eigenvalue weighted by Gasteiger charge is -2.10.